The second kappa shape index (κ2) is 6.67. The molecule has 10 rings (SSSR count). The van der Waals surface area contributed by atoms with Crippen LogP contribution in [0.15, 0.2) is 134 Å². The first-order valence-electron chi connectivity index (χ1n) is 13.6. The Kier molecular flexibility index (Phi) is 3.41. The van der Waals surface area contributed by atoms with Gasteiger partial charge in [-0.15, -0.1) is 0 Å². The largest absolute Gasteiger partial charge is 0.292 e. The Morgan fingerprint density at radius 3 is 1.28 bits per heavy atom. The van der Waals surface area contributed by atoms with E-state index in [1.54, 1.807) is 0 Å². The van der Waals surface area contributed by atoms with Crippen molar-refractivity contribution in [1.82, 2.24) is 0 Å². The zero-order valence-corrected chi connectivity index (χ0v) is 21.1. The maximum Gasteiger partial charge on any atom is 0.292 e. The minimum absolute atomic E-state index is 0.428. The fourth-order valence-electron chi connectivity index (χ4n) is 8.05. The average Bonchev–Trinajstić information content (AvgIpc) is 3.59. The van der Waals surface area contributed by atoms with Crippen molar-refractivity contribution >= 4 is 11.4 Å². The first kappa shape index (κ1) is 20.0. The molecule has 0 bridgehead atoms. The molecule has 4 aromatic carbocycles. The van der Waals surface area contributed by atoms with Gasteiger partial charge in [0, 0.05) is 24.3 Å². The van der Waals surface area contributed by atoms with Crippen molar-refractivity contribution in [3.05, 3.63) is 167 Å². The lowest BCUT2D eigenvalue weighted by molar-refractivity contribution is -0.591. The first-order valence-corrected chi connectivity index (χ1v) is 13.6. The molecule has 0 fully saturated rings. The van der Waals surface area contributed by atoms with Gasteiger partial charge in [-0.2, -0.15) is 9.13 Å². The Morgan fingerprint density at radius 1 is 0.359 bits per heavy atom. The molecule has 2 aliphatic carbocycles. The molecule has 0 saturated heterocycles. The van der Waals surface area contributed by atoms with Crippen LogP contribution in [-0.2, 0) is 5.41 Å². The Balaban J connectivity index is 1.53. The van der Waals surface area contributed by atoms with Crippen molar-refractivity contribution in [3.8, 4) is 33.6 Å². The van der Waals surface area contributed by atoms with Gasteiger partial charge in [0.1, 0.15) is 0 Å². The van der Waals surface area contributed by atoms with Crippen LogP contribution < -0.4 is 9.13 Å². The Bertz CT molecular complexity index is 1980. The maximum absolute atomic E-state index is 2.42. The molecule has 178 valence electrons. The smallest absolute Gasteiger partial charge is 0.154 e. The monoisotopic (exact) mass is 494 g/mol. The van der Waals surface area contributed by atoms with Crippen LogP contribution >= 0.6 is 0 Å². The molecule has 0 N–H and O–H groups in total. The molecular weight excluding hydrogens is 472 g/mol. The topological polar surface area (TPSA) is 7.76 Å². The number of benzene rings is 4. The lowest BCUT2D eigenvalue weighted by Gasteiger charge is -2.34. The van der Waals surface area contributed by atoms with Gasteiger partial charge in [-0.3, -0.25) is 0 Å². The van der Waals surface area contributed by atoms with E-state index >= 15 is 0 Å². The molecule has 0 saturated carbocycles. The summed E-state index contributed by atoms with van der Waals surface area (Å²) < 4.78 is 4.84. The van der Waals surface area contributed by atoms with Crippen molar-refractivity contribution in [3.63, 3.8) is 0 Å². The van der Waals surface area contributed by atoms with E-state index in [9.17, 15) is 0 Å². The van der Waals surface area contributed by atoms with Crippen LogP contribution in [0.5, 0.6) is 0 Å². The Hall–Kier alpha value is -5.08. The van der Waals surface area contributed by atoms with Crippen molar-refractivity contribution in [2.24, 2.45) is 0 Å². The number of fused-ring (bicyclic) bond motifs is 13. The van der Waals surface area contributed by atoms with Crippen molar-refractivity contribution < 1.29 is 9.13 Å². The summed E-state index contributed by atoms with van der Waals surface area (Å²) in [5.41, 5.74) is 18.1. The lowest BCUT2D eigenvalue weighted by Crippen LogP contribution is -2.38. The van der Waals surface area contributed by atoms with Gasteiger partial charge in [0.05, 0.1) is 27.7 Å². The number of nitrogens with zero attached hydrogens (tertiary/aromatic N) is 2. The van der Waals surface area contributed by atoms with Crippen LogP contribution in [0.1, 0.15) is 33.4 Å². The number of hydrogen-bond acceptors (Lipinski definition) is 0. The summed E-state index contributed by atoms with van der Waals surface area (Å²) in [6.45, 7) is 0. The van der Waals surface area contributed by atoms with Gasteiger partial charge in [-0.25, -0.2) is 0 Å². The third-order valence-electron chi connectivity index (χ3n) is 9.34. The van der Waals surface area contributed by atoms with Crippen molar-refractivity contribution in [2.75, 3.05) is 0 Å². The maximum atomic E-state index is 2.42. The molecule has 2 aromatic heterocycles. The summed E-state index contributed by atoms with van der Waals surface area (Å²) in [6.07, 6.45) is 4.47. The summed E-state index contributed by atoms with van der Waals surface area (Å²) in [5.74, 6) is 0. The highest BCUT2D eigenvalue weighted by molar-refractivity contribution is 6.03. The number of aromatic nitrogens is 2. The van der Waals surface area contributed by atoms with Crippen molar-refractivity contribution in [1.29, 1.82) is 0 Å². The molecule has 2 nitrogen and oxygen atoms in total. The Labute approximate surface area is 226 Å². The van der Waals surface area contributed by atoms with E-state index in [2.05, 4.69) is 143 Å². The highest BCUT2D eigenvalue weighted by atomic mass is 15.1. The van der Waals surface area contributed by atoms with Gasteiger partial charge < -0.3 is 0 Å². The van der Waals surface area contributed by atoms with Crippen LogP contribution in [-0.4, -0.2) is 0 Å². The zero-order valence-electron chi connectivity index (χ0n) is 21.1. The summed E-state index contributed by atoms with van der Waals surface area (Å²) >= 11 is 0. The molecule has 0 unspecified atom stereocenters. The second-order valence-corrected chi connectivity index (χ2v) is 10.9. The highest BCUT2D eigenvalue weighted by Crippen LogP contribution is 2.62. The third kappa shape index (κ3) is 2.08. The van der Waals surface area contributed by atoms with Gasteiger partial charge in [-0.05, 0) is 57.6 Å². The van der Waals surface area contributed by atoms with Gasteiger partial charge in [-0.1, -0.05) is 72.8 Å². The van der Waals surface area contributed by atoms with E-state index in [4.69, 9.17) is 0 Å². The third-order valence-corrected chi connectivity index (χ3v) is 9.34. The molecular formula is C37H22N2+2. The highest BCUT2D eigenvalue weighted by Gasteiger charge is 2.57. The van der Waals surface area contributed by atoms with Crippen LogP contribution in [0.25, 0.3) is 45.0 Å². The quantitative estimate of drug-likeness (QED) is 0.204. The summed E-state index contributed by atoms with van der Waals surface area (Å²) in [5, 5.41) is 0. The molecule has 0 radical (unpaired) electrons. The molecule has 39 heavy (non-hydrogen) atoms. The van der Waals surface area contributed by atoms with Gasteiger partial charge in [0.15, 0.2) is 12.4 Å². The fourth-order valence-corrected chi connectivity index (χ4v) is 8.05. The van der Waals surface area contributed by atoms with Crippen LogP contribution in [0.4, 0.5) is 0 Å². The summed E-state index contributed by atoms with van der Waals surface area (Å²) in [4.78, 5) is 0. The molecule has 4 heterocycles. The molecule has 4 aliphatic rings. The SMILES string of the molecule is c1ccc2c(c1)-c1ccccc1C21c2cccc3c2C(=C2c4c(cccc41)-c1cccc[n+]12)[n+]1ccccc1-3. The predicted molar refractivity (Wildman–Crippen MR) is 153 cm³/mol. The van der Waals surface area contributed by atoms with E-state index in [1.807, 2.05) is 0 Å². The van der Waals surface area contributed by atoms with Crippen LogP contribution in [0.2, 0.25) is 0 Å². The standard InChI is InChI=1S/C37H22N2/c1-3-15-27-23(11-1)24-12-2-4-16-28(24)37(27)29-17-9-13-25-31-19-5-7-21-38(31)35(33(25)29)36-34-26(14-10-18-30(34)37)32-20-6-8-22-39(32)36/h1-22H/q+2. The van der Waals surface area contributed by atoms with E-state index in [1.165, 1.54) is 78.4 Å². The molecule has 0 atom stereocenters. The normalized spacial score (nSPS) is 15.3. The van der Waals surface area contributed by atoms with Gasteiger partial charge >= 0.3 is 0 Å². The van der Waals surface area contributed by atoms with Gasteiger partial charge in [0.2, 0.25) is 11.4 Å². The van der Waals surface area contributed by atoms with Crippen molar-refractivity contribution in [2.45, 2.75) is 5.41 Å². The van der Waals surface area contributed by atoms with E-state index in [-0.39, 0.29) is 0 Å². The molecule has 2 heteroatoms. The lowest BCUT2D eigenvalue weighted by atomic mass is 9.65. The number of pyridine rings is 2. The van der Waals surface area contributed by atoms with E-state index < -0.39 is 5.41 Å². The van der Waals surface area contributed by atoms with Gasteiger partial charge in [0.25, 0.3) is 11.4 Å². The first-order chi connectivity index (χ1) is 19.4. The summed E-state index contributed by atoms with van der Waals surface area (Å²) in [7, 11) is 0. The predicted octanol–water partition coefficient (Wildman–Crippen LogP) is 6.82. The summed E-state index contributed by atoms with van der Waals surface area (Å²) in [6, 6.07) is 45.2. The minimum Gasteiger partial charge on any atom is -0.154 e. The molecule has 6 aromatic rings. The van der Waals surface area contributed by atoms with Crippen LogP contribution in [0.3, 0.4) is 0 Å². The van der Waals surface area contributed by atoms with Crippen LogP contribution in [0, 0.1) is 0 Å². The number of rotatable bonds is 0. The van der Waals surface area contributed by atoms with E-state index in [0.29, 0.717) is 0 Å². The zero-order chi connectivity index (χ0) is 25.3. The second-order valence-electron chi connectivity index (χ2n) is 10.9. The molecule has 0 amide bonds. The number of hydrogen-bond donors (Lipinski definition) is 0. The molecule has 1 spiro atoms. The average molecular weight is 495 g/mol. The van der Waals surface area contributed by atoms with E-state index in [0.717, 1.165) is 0 Å². The Morgan fingerprint density at radius 2 is 0.769 bits per heavy atom. The minimum atomic E-state index is -0.428. The molecule has 2 aliphatic heterocycles. The fraction of sp³-hybridized carbons (Fsp3) is 0.0270.